The molecule has 1 spiro atoms. The predicted molar refractivity (Wildman–Crippen MR) is 65.5 cm³/mol. The van der Waals surface area contributed by atoms with Crippen molar-refractivity contribution in [3.05, 3.63) is 11.1 Å². The molecule has 3 aliphatic rings. The Morgan fingerprint density at radius 1 is 1.00 bits per heavy atom. The van der Waals surface area contributed by atoms with Crippen molar-refractivity contribution >= 4 is 0 Å². The molecular weight excluding hydrogens is 198 g/mol. The van der Waals surface area contributed by atoms with E-state index in [0.717, 1.165) is 13.2 Å². The molecule has 3 rings (SSSR count). The van der Waals surface area contributed by atoms with Crippen LogP contribution in [-0.2, 0) is 4.74 Å². The number of ether oxygens (including phenoxy) is 1. The standard InChI is InChI=1S/C14H23NO/c1-2-7-14(6-1)10-12(5-9-16-14)13-4-3-8-15-11-13/h15H,1-11H2. The summed E-state index contributed by atoms with van der Waals surface area (Å²) in [5, 5.41) is 3.51. The summed E-state index contributed by atoms with van der Waals surface area (Å²) in [6.07, 6.45) is 10.4. The Hall–Kier alpha value is -0.340. The normalized spacial score (nSPS) is 34.5. The van der Waals surface area contributed by atoms with Gasteiger partial charge in [-0.3, -0.25) is 0 Å². The molecule has 2 nitrogen and oxygen atoms in total. The fourth-order valence-electron chi connectivity index (χ4n) is 3.62. The van der Waals surface area contributed by atoms with Crippen LogP contribution in [0.25, 0.3) is 0 Å². The lowest BCUT2D eigenvalue weighted by molar-refractivity contribution is -0.0564. The first kappa shape index (κ1) is 10.8. The lowest BCUT2D eigenvalue weighted by Gasteiger charge is -2.37. The van der Waals surface area contributed by atoms with E-state index in [0.29, 0.717) is 0 Å². The van der Waals surface area contributed by atoms with E-state index in [1.165, 1.54) is 57.9 Å². The Morgan fingerprint density at radius 3 is 2.62 bits per heavy atom. The Kier molecular flexibility index (Phi) is 3.03. The zero-order valence-corrected chi connectivity index (χ0v) is 10.2. The minimum Gasteiger partial charge on any atom is -0.374 e. The summed E-state index contributed by atoms with van der Waals surface area (Å²) in [4.78, 5) is 0. The van der Waals surface area contributed by atoms with Crippen LogP contribution in [0, 0.1) is 0 Å². The summed E-state index contributed by atoms with van der Waals surface area (Å²) in [5.74, 6) is 0. The van der Waals surface area contributed by atoms with Crippen molar-refractivity contribution in [3.8, 4) is 0 Å². The second-order valence-corrected chi connectivity index (χ2v) is 5.65. The van der Waals surface area contributed by atoms with E-state index >= 15 is 0 Å². The van der Waals surface area contributed by atoms with Crippen molar-refractivity contribution in [2.24, 2.45) is 0 Å². The molecular formula is C14H23NO. The lowest BCUT2D eigenvalue weighted by Crippen LogP contribution is -2.35. The van der Waals surface area contributed by atoms with Crippen molar-refractivity contribution in [3.63, 3.8) is 0 Å². The molecule has 0 radical (unpaired) electrons. The second kappa shape index (κ2) is 4.50. The van der Waals surface area contributed by atoms with Crippen molar-refractivity contribution in [1.82, 2.24) is 5.32 Å². The van der Waals surface area contributed by atoms with Gasteiger partial charge in [-0.1, -0.05) is 24.0 Å². The third-order valence-corrected chi connectivity index (χ3v) is 4.53. The predicted octanol–water partition coefficient (Wildman–Crippen LogP) is 2.79. The van der Waals surface area contributed by atoms with Gasteiger partial charge in [0.25, 0.3) is 0 Å². The zero-order valence-electron chi connectivity index (χ0n) is 10.2. The smallest absolute Gasteiger partial charge is 0.0719 e. The van der Waals surface area contributed by atoms with Gasteiger partial charge in [0.1, 0.15) is 0 Å². The Labute approximate surface area is 98.4 Å². The summed E-state index contributed by atoms with van der Waals surface area (Å²) in [6.45, 7) is 3.32. The summed E-state index contributed by atoms with van der Waals surface area (Å²) in [6, 6.07) is 0. The molecule has 2 heterocycles. The van der Waals surface area contributed by atoms with Crippen LogP contribution in [0.1, 0.15) is 51.4 Å². The highest BCUT2D eigenvalue weighted by Crippen LogP contribution is 2.42. The maximum absolute atomic E-state index is 6.09. The summed E-state index contributed by atoms with van der Waals surface area (Å²) in [5.41, 5.74) is 3.71. The quantitative estimate of drug-likeness (QED) is 0.635. The number of nitrogens with one attached hydrogen (secondary N) is 1. The van der Waals surface area contributed by atoms with Gasteiger partial charge in [-0.05, 0) is 45.1 Å². The van der Waals surface area contributed by atoms with Gasteiger partial charge >= 0.3 is 0 Å². The summed E-state index contributed by atoms with van der Waals surface area (Å²) in [7, 11) is 0. The zero-order chi connectivity index (χ0) is 10.8. The fraction of sp³-hybridized carbons (Fsp3) is 0.857. The highest BCUT2D eigenvalue weighted by molar-refractivity contribution is 5.21. The highest BCUT2D eigenvalue weighted by Gasteiger charge is 2.38. The van der Waals surface area contributed by atoms with Crippen LogP contribution < -0.4 is 5.32 Å². The number of piperidine rings is 1. The van der Waals surface area contributed by atoms with Crippen LogP contribution in [0.2, 0.25) is 0 Å². The summed E-state index contributed by atoms with van der Waals surface area (Å²) >= 11 is 0. The topological polar surface area (TPSA) is 21.3 Å². The van der Waals surface area contributed by atoms with Crippen LogP contribution in [0.3, 0.4) is 0 Å². The number of rotatable bonds is 0. The molecule has 1 saturated carbocycles. The van der Waals surface area contributed by atoms with Gasteiger partial charge in [0.2, 0.25) is 0 Å². The molecule has 0 aromatic heterocycles. The molecule has 2 aliphatic heterocycles. The van der Waals surface area contributed by atoms with E-state index in [-0.39, 0.29) is 5.60 Å². The van der Waals surface area contributed by atoms with E-state index in [1.54, 1.807) is 11.1 Å². The third kappa shape index (κ3) is 2.05. The van der Waals surface area contributed by atoms with Crippen molar-refractivity contribution in [2.75, 3.05) is 19.7 Å². The minimum absolute atomic E-state index is 0.262. The van der Waals surface area contributed by atoms with Crippen LogP contribution in [0.5, 0.6) is 0 Å². The van der Waals surface area contributed by atoms with Crippen LogP contribution in [0.4, 0.5) is 0 Å². The van der Waals surface area contributed by atoms with E-state index in [2.05, 4.69) is 5.32 Å². The molecule has 3 fully saturated rings. The van der Waals surface area contributed by atoms with E-state index in [4.69, 9.17) is 4.74 Å². The molecule has 0 atom stereocenters. The Bertz CT molecular complexity index is 281. The molecule has 0 aromatic carbocycles. The Balaban J connectivity index is 1.75. The maximum Gasteiger partial charge on any atom is 0.0719 e. The molecule has 2 saturated heterocycles. The average molecular weight is 221 g/mol. The van der Waals surface area contributed by atoms with Crippen LogP contribution in [-0.4, -0.2) is 25.3 Å². The molecule has 0 unspecified atom stereocenters. The Morgan fingerprint density at radius 2 is 1.88 bits per heavy atom. The van der Waals surface area contributed by atoms with E-state index < -0.39 is 0 Å². The largest absolute Gasteiger partial charge is 0.374 e. The first-order valence-electron chi connectivity index (χ1n) is 6.92. The maximum atomic E-state index is 6.09. The van der Waals surface area contributed by atoms with Crippen molar-refractivity contribution in [1.29, 1.82) is 0 Å². The van der Waals surface area contributed by atoms with Gasteiger partial charge in [-0.2, -0.15) is 0 Å². The molecule has 0 bridgehead atoms. The van der Waals surface area contributed by atoms with Gasteiger partial charge in [0.15, 0.2) is 0 Å². The fourth-order valence-corrected chi connectivity index (χ4v) is 3.62. The highest BCUT2D eigenvalue weighted by atomic mass is 16.5. The van der Waals surface area contributed by atoms with Gasteiger partial charge in [-0.15, -0.1) is 0 Å². The number of hydrogen-bond acceptors (Lipinski definition) is 2. The van der Waals surface area contributed by atoms with Crippen molar-refractivity contribution in [2.45, 2.75) is 57.0 Å². The molecule has 90 valence electrons. The van der Waals surface area contributed by atoms with Crippen molar-refractivity contribution < 1.29 is 4.74 Å². The minimum atomic E-state index is 0.262. The molecule has 1 N–H and O–H groups in total. The molecule has 0 amide bonds. The van der Waals surface area contributed by atoms with Gasteiger partial charge in [-0.25, -0.2) is 0 Å². The number of hydrogen-bond donors (Lipinski definition) is 1. The first-order valence-corrected chi connectivity index (χ1v) is 6.92. The second-order valence-electron chi connectivity index (χ2n) is 5.65. The van der Waals surface area contributed by atoms with Gasteiger partial charge in [0, 0.05) is 6.54 Å². The lowest BCUT2D eigenvalue weighted by atomic mass is 9.84. The van der Waals surface area contributed by atoms with Crippen LogP contribution in [0.15, 0.2) is 11.1 Å². The third-order valence-electron chi connectivity index (χ3n) is 4.53. The SMILES string of the molecule is C1CNCC(=C2CCOC3(CCCC3)C2)C1. The van der Waals surface area contributed by atoms with E-state index in [9.17, 15) is 0 Å². The average Bonchev–Trinajstić information content (AvgIpc) is 2.78. The first-order chi connectivity index (χ1) is 7.88. The van der Waals surface area contributed by atoms with Crippen LogP contribution >= 0.6 is 0 Å². The molecule has 16 heavy (non-hydrogen) atoms. The molecule has 0 aromatic rings. The molecule has 1 aliphatic carbocycles. The van der Waals surface area contributed by atoms with E-state index in [1.807, 2.05) is 0 Å². The molecule has 2 heteroatoms. The van der Waals surface area contributed by atoms with Gasteiger partial charge in [0.05, 0.1) is 12.2 Å². The monoisotopic (exact) mass is 221 g/mol. The summed E-state index contributed by atoms with van der Waals surface area (Å²) < 4.78 is 6.09. The van der Waals surface area contributed by atoms with Gasteiger partial charge < -0.3 is 10.1 Å².